The highest BCUT2D eigenvalue weighted by atomic mass is 32.2. The van der Waals surface area contributed by atoms with Crippen LogP contribution in [0.2, 0.25) is 0 Å². The predicted octanol–water partition coefficient (Wildman–Crippen LogP) is -0.875. The van der Waals surface area contributed by atoms with E-state index in [0.717, 1.165) is 36.3 Å². The van der Waals surface area contributed by atoms with E-state index in [1.807, 2.05) is 13.8 Å². The molecule has 738 valence electrons. The molecule has 22 N–H and O–H groups in total. The van der Waals surface area contributed by atoms with Gasteiger partial charge in [0.1, 0.15) is 78.5 Å². The quantitative estimate of drug-likeness (QED) is 0.0154. The number of aromatic nitrogens is 4. The van der Waals surface area contributed by atoms with E-state index in [4.69, 9.17) is 22.6 Å². The van der Waals surface area contributed by atoms with Gasteiger partial charge < -0.3 is 120 Å². The number of carboxylic acid groups (broad SMARTS) is 1. The highest BCUT2D eigenvalue weighted by molar-refractivity contribution is 8.00. The van der Waals surface area contributed by atoms with Crippen molar-refractivity contribution in [2.45, 2.75) is 235 Å². The molecule has 3 aromatic heterocycles. The predicted molar refractivity (Wildman–Crippen MR) is 504 cm³/mol. The first kappa shape index (κ1) is 107. The molecule has 3 aromatic carbocycles. The van der Waals surface area contributed by atoms with Crippen LogP contribution in [0.3, 0.4) is 0 Å². The van der Waals surface area contributed by atoms with Gasteiger partial charge in [0.05, 0.1) is 31.6 Å². The summed E-state index contributed by atoms with van der Waals surface area (Å²) in [6.07, 6.45) is 5.11. The Morgan fingerprint density at radius 2 is 1.07 bits per heavy atom. The zero-order chi connectivity index (χ0) is 99.6. The zero-order valence-corrected chi connectivity index (χ0v) is 79.0. The molecule has 8 rings (SSSR count). The van der Waals surface area contributed by atoms with Crippen LogP contribution in [0.1, 0.15) is 153 Å². The molecule has 0 radical (unpaired) electrons. The fourth-order valence-electron chi connectivity index (χ4n) is 16.3. The number of nitrogens with one attached hydrogen (secondary N) is 15. The van der Waals surface area contributed by atoms with Crippen molar-refractivity contribution in [3.05, 3.63) is 126 Å². The summed E-state index contributed by atoms with van der Waals surface area (Å²) in [6, 6.07) is 2.61. The van der Waals surface area contributed by atoms with Crippen LogP contribution >= 0.6 is 11.8 Å². The van der Waals surface area contributed by atoms with Crippen molar-refractivity contribution in [1.82, 2.24) is 103 Å². The van der Waals surface area contributed by atoms with E-state index in [1.54, 1.807) is 105 Å². The summed E-state index contributed by atoms with van der Waals surface area (Å²) in [7, 11) is 5.22. The van der Waals surface area contributed by atoms with Gasteiger partial charge in [0.25, 0.3) is 0 Å². The van der Waals surface area contributed by atoms with Crippen LogP contribution in [-0.4, -0.2) is 306 Å². The molecule has 2 aliphatic rings. The van der Waals surface area contributed by atoms with Gasteiger partial charge in [-0.25, -0.2) is 4.98 Å². The fourth-order valence-corrected chi connectivity index (χ4v) is 17.2. The molecule has 6 aromatic rings. The number of hydrogen-bond donors (Lipinski definition) is 19. The van der Waals surface area contributed by atoms with Gasteiger partial charge in [-0.2, -0.15) is 0 Å². The second kappa shape index (κ2) is 52.6. The number of imidazole rings is 1. The summed E-state index contributed by atoms with van der Waals surface area (Å²) in [5.41, 5.74) is 20.0. The van der Waals surface area contributed by atoms with Gasteiger partial charge in [-0.15, -0.1) is 11.8 Å². The van der Waals surface area contributed by atoms with Crippen molar-refractivity contribution < 1.29 is 91.4 Å². The van der Waals surface area contributed by atoms with Crippen molar-refractivity contribution in [1.29, 1.82) is 5.41 Å². The molecule has 13 atom stereocenters. The molecule has 17 amide bonds. The van der Waals surface area contributed by atoms with Crippen molar-refractivity contribution >= 4 is 146 Å². The monoisotopic (exact) mass is 1910 g/mol. The highest BCUT2D eigenvalue weighted by Crippen LogP contribution is 2.27. The normalized spacial score (nSPS) is 23.1. The number of rotatable bonds is 29. The van der Waals surface area contributed by atoms with E-state index in [0.29, 0.717) is 76.3 Å². The number of para-hydroxylation sites is 2. The number of nitrogens with zero attached hydrogens (tertiary/aromatic N) is 6. The third-order valence-corrected chi connectivity index (χ3v) is 24.9. The van der Waals surface area contributed by atoms with Crippen LogP contribution in [-0.2, 0) is 112 Å². The van der Waals surface area contributed by atoms with Crippen molar-refractivity contribution in [3.63, 3.8) is 0 Å². The number of carbonyl (C=O) groups excluding carboxylic acids is 17. The molecule has 2 aliphatic heterocycles. The molecule has 0 bridgehead atoms. The molecule has 2 saturated heterocycles. The first-order valence-electron chi connectivity index (χ1n) is 45.7. The first-order valence-corrected chi connectivity index (χ1v) is 46.8. The Morgan fingerprint density at radius 1 is 0.529 bits per heavy atom. The molecular weight excluding hydrogens is 1780 g/mol. The van der Waals surface area contributed by atoms with E-state index >= 15 is 24.0 Å². The maximum absolute atomic E-state index is 15.9. The Bertz CT molecular complexity index is 5210. The number of fused-ring (bicyclic) bond motifs is 3. The molecule has 0 aliphatic carbocycles. The van der Waals surface area contributed by atoms with Gasteiger partial charge in [-0.05, 0) is 93.0 Å². The second-order valence-corrected chi connectivity index (χ2v) is 35.8. The van der Waals surface area contributed by atoms with Gasteiger partial charge in [-0.3, -0.25) is 91.7 Å². The Kier molecular flexibility index (Phi) is 41.5. The van der Waals surface area contributed by atoms with Crippen LogP contribution in [0.25, 0.3) is 21.8 Å². The van der Waals surface area contributed by atoms with Crippen LogP contribution in [0.5, 0.6) is 0 Å². The molecule has 0 saturated carbocycles. The topological polar surface area (TPSA) is 638 Å². The van der Waals surface area contributed by atoms with Gasteiger partial charge in [0.2, 0.25) is 100 Å². The minimum Gasteiger partial charge on any atom is -0.481 e. The average molecular weight is 1910 g/mol. The number of amides is 17. The number of thioether (sulfide) groups is 1. The lowest BCUT2D eigenvalue weighted by Crippen LogP contribution is -2.61. The van der Waals surface area contributed by atoms with Crippen LogP contribution in [0, 0.1) is 11.3 Å². The number of guanidine groups is 1. The number of aromatic amines is 3. The number of hydrogen-bond acceptors (Lipinski definition) is 21. The molecule has 0 unspecified atom stereocenters. The van der Waals surface area contributed by atoms with Crippen molar-refractivity contribution in [3.8, 4) is 0 Å². The van der Waals surface area contributed by atoms with Crippen LogP contribution < -0.4 is 75.7 Å². The Balaban J connectivity index is 1.21. The van der Waals surface area contributed by atoms with Gasteiger partial charge in [-0.1, -0.05) is 127 Å². The number of likely N-dealkylation sites (N-methyl/N-ethyl adjacent to an activating group) is 4. The maximum atomic E-state index is 15.9. The SMILES string of the molecule is CCCCC[C@H]1C(=O)N(C)[C@@H](CCCC)C(=O)N[C@@H](CCCNC(=N)N)C(=O)N[C@H](C(=O)NCC(N)=O)CSCC(=O)N[C@@H](Cc2ccccc2)C(=O)N(C)[C@@H](C)C(=O)N[C@@H](CC(N)=O)C(=O)N2CCC[C@H]2C(=O)N[C@@H](Cc2cnc[nH]2)C(=O)N[C@@H](CC(C)C)C(=O)N(C)CC(=O)N[C@@H](Cc2c[nH]c3ccccc23)C(=O)N[C@H](CCC(=O)O)C(=O)N[C@@H](Cc2c[nH]c3ccccc23)C(=O)N1C. The standard InChI is InChI=1S/C92H130N24O19S/c1-10-12-15-32-73-91(135)114(8)71(31-13-11-2)85(129)106-62(30-22-36-98-92(95)96)81(125)111-70(80(124)101-47-75(94)118)49-136-50-77(120)104-67(39-54-24-16-14-17-25-54)88(132)113(7)53(5)79(123)108-69(43-74(93)117)90(134)116-37-23-33-72(116)86(130)107-65(42-57-46-97-51-102-57)84(128)109-66(38-52(3)4)87(131)112(6)48-76(119)103-64(40-55-44-99-60-28-20-18-26-58(55)60)83(127)105-63(34-35-78(121)122)82(126)110-68(89(133)115(73)9)41-56-45-100-61-29-21-19-27-59(56)61/h14,16-21,24-29,44-46,51-53,62-73,99-100H,10-13,15,22-23,30-43,47-50H2,1-9H3,(H2,93,117)(H2,94,118)(H,97,102)(H,101,124)(H,103,119)(H,104,120)(H,105,127)(H,106,129)(H,107,130)(H,108,123)(H,109,128)(H,110,126)(H,111,125)(H,121,122)(H4,95,96,98)/t53-,62-,63+,64-,65-,66-,67-,68-,69-,70-,71-,72-,73-/m0/s1. The lowest BCUT2D eigenvalue weighted by Gasteiger charge is -2.36. The third-order valence-electron chi connectivity index (χ3n) is 23.9. The number of nitrogens with two attached hydrogens (primary N) is 3. The molecular formula is C92H130N24O19S. The summed E-state index contributed by atoms with van der Waals surface area (Å²) >= 11 is 0.789. The molecule has 44 heteroatoms. The van der Waals surface area contributed by atoms with Crippen molar-refractivity contribution in [2.75, 3.05) is 65.9 Å². The molecule has 136 heavy (non-hydrogen) atoms. The van der Waals surface area contributed by atoms with Crippen LogP contribution in [0.4, 0.5) is 0 Å². The smallest absolute Gasteiger partial charge is 0.303 e. The third kappa shape index (κ3) is 31.9. The lowest BCUT2D eigenvalue weighted by atomic mass is 9.99. The van der Waals surface area contributed by atoms with Gasteiger partial charge >= 0.3 is 5.97 Å². The second-order valence-electron chi connectivity index (χ2n) is 34.8. The number of benzene rings is 3. The summed E-state index contributed by atoms with van der Waals surface area (Å²) < 4.78 is 0. The molecule has 0 spiro atoms. The van der Waals surface area contributed by atoms with E-state index in [-0.39, 0.29) is 89.6 Å². The van der Waals surface area contributed by atoms with E-state index < -0.39 is 235 Å². The Morgan fingerprint density at radius 3 is 1.68 bits per heavy atom. The maximum Gasteiger partial charge on any atom is 0.303 e. The lowest BCUT2D eigenvalue weighted by molar-refractivity contribution is -0.149. The number of primary amides is 2. The Hall–Kier alpha value is -14.0. The average Bonchev–Trinajstić information content (AvgIpc) is 1.56. The first-order chi connectivity index (χ1) is 64.8. The Labute approximate surface area is 792 Å². The number of carboxylic acids is 1. The fraction of sp³-hybridized carbons (Fsp3) is 0.522. The summed E-state index contributed by atoms with van der Waals surface area (Å²) in [5.74, 6) is -18.7. The van der Waals surface area contributed by atoms with Gasteiger partial charge in [0.15, 0.2) is 5.96 Å². The van der Waals surface area contributed by atoms with E-state index in [2.05, 4.69) is 78.4 Å². The molecule has 43 nitrogen and oxygen atoms in total. The highest BCUT2D eigenvalue weighted by Gasteiger charge is 2.44. The number of carbonyl (C=O) groups is 18. The minimum atomic E-state index is -1.78. The largest absolute Gasteiger partial charge is 0.481 e. The summed E-state index contributed by atoms with van der Waals surface area (Å²) in [6.45, 7) is 6.98. The van der Waals surface area contributed by atoms with Crippen LogP contribution in [0.15, 0.2) is 104 Å². The summed E-state index contributed by atoms with van der Waals surface area (Å²) in [5, 5.41) is 48.6. The zero-order valence-electron chi connectivity index (χ0n) is 78.2. The summed E-state index contributed by atoms with van der Waals surface area (Å²) in [4.78, 5) is 281. The number of aliphatic carboxylic acids is 1. The van der Waals surface area contributed by atoms with Gasteiger partial charge in [0, 0.05) is 125 Å². The number of H-pyrrole nitrogens is 3. The molecule has 5 heterocycles. The van der Waals surface area contributed by atoms with E-state index in [1.165, 1.54) is 47.6 Å². The van der Waals surface area contributed by atoms with Crippen molar-refractivity contribution in [2.24, 2.45) is 23.1 Å². The number of unbranched alkanes of at least 4 members (excludes halogenated alkanes) is 3. The van der Waals surface area contributed by atoms with E-state index in [9.17, 15) is 67.4 Å². The minimum absolute atomic E-state index is 0.00403. The molecule has 2 fully saturated rings.